The van der Waals surface area contributed by atoms with Gasteiger partial charge in [0.25, 0.3) is 11.8 Å². The Hall–Kier alpha value is -4.01. The number of hydrogen-bond donors (Lipinski definition) is 2. The quantitative estimate of drug-likeness (QED) is 0.518. The van der Waals surface area contributed by atoms with Crippen LogP contribution in [0.5, 0.6) is 17.2 Å². The Labute approximate surface area is 179 Å². The lowest BCUT2D eigenvalue weighted by Crippen LogP contribution is -2.25. The predicted molar refractivity (Wildman–Crippen MR) is 115 cm³/mol. The summed E-state index contributed by atoms with van der Waals surface area (Å²) in [5.74, 6) is 0.781. The second-order valence-corrected chi connectivity index (χ2v) is 6.43. The summed E-state index contributed by atoms with van der Waals surface area (Å²) in [5.41, 5.74) is 0.981. The third-order valence-corrected chi connectivity index (χ3v) is 4.30. The molecule has 0 saturated heterocycles. The van der Waals surface area contributed by atoms with Crippen LogP contribution in [0.2, 0.25) is 0 Å². The van der Waals surface area contributed by atoms with Gasteiger partial charge in [0.2, 0.25) is 0 Å². The lowest BCUT2D eigenvalue weighted by molar-refractivity contribution is -0.122. The number of aromatic nitrogens is 2. The molecular formula is C22H24N4O5. The maximum atomic E-state index is 12.7. The molecule has 162 valence electrons. The standard InChI is InChI=1S/C22H24N4O5/c1-23-21(27)15-31-19-8-7-16(13-20(19)29-2)22(28)25-17-5-3-6-18(14-17)30-12-11-26-10-4-9-24-26/h3-10,13-14H,11-12,15H2,1-2H3,(H,23,27)(H,25,28). The first-order valence-electron chi connectivity index (χ1n) is 9.62. The molecule has 3 aromatic rings. The number of hydrogen-bond acceptors (Lipinski definition) is 6. The van der Waals surface area contributed by atoms with Crippen LogP contribution in [0.3, 0.4) is 0 Å². The Balaban J connectivity index is 1.60. The number of amides is 2. The Kier molecular flexibility index (Phi) is 7.47. The number of benzene rings is 2. The molecule has 0 fully saturated rings. The molecule has 0 unspecified atom stereocenters. The van der Waals surface area contributed by atoms with E-state index in [1.165, 1.54) is 14.2 Å². The van der Waals surface area contributed by atoms with E-state index >= 15 is 0 Å². The molecule has 1 aromatic heterocycles. The molecule has 1 heterocycles. The Morgan fingerprint density at radius 1 is 1.06 bits per heavy atom. The highest BCUT2D eigenvalue weighted by atomic mass is 16.5. The van der Waals surface area contributed by atoms with Gasteiger partial charge in [0.05, 0.1) is 13.7 Å². The van der Waals surface area contributed by atoms with E-state index in [-0.39, 0.29) is 18.4 Å². The molecule has 0 spiro atoms. The Morgan fingerprint density at radius 2 is 1.94 bits per heavy atom. The van der Waals surface area contributed by atoms with Crippen molar-refractivity contribution in [1.82, 2.24) is 15.1 Å². The summed E-state index contributed by atoms with van der Waals surface area (Å²) < 4.78 is 18.2. The highest BCUT2D eigenvalue weighted by Crippen LogP contribution is 2.28. The summed E-state index contributed by atoms with van der Waals surface area (Å²) in [6, 6.07) is 13.7. The van der Waals surface area contributed by atoms with Crippen molar-refractivity contribution in [3.8, 4) is 17.2 Å². The first kappa shape index (κ1) is 21.7. The van der Waals surface area contributed by atoms with Crippen molar-refractivity contribution in [3.63, 3.8) is 0 Å². The van der Waals surface area contributed by atoms with Gasteiger partial charge in [0.1, 0.15) is 12.4 Å². The van der Waals surface area contributed by atoms with Gasteiger partial charge in [0, 0.05) is 36.8 Å². The van der Waals surface area contributed by atoms with Gasteiger partial charge in [-0.25, -0.2) is 0 Å². The van der Waals surface area contributed by atoms with Gasteiger partial charge in [-0.2, -0.15) is 5.10 Å². The van der Waals surface area contributed by atoms with Crippen molar-refractivity contribution in [2.24, 2.45) is 0 Å². The number of carbonyl (C=O) groups excluding carboxylic acids is 2. The number of methoxy groups -OCH3 is 1. The van der Waals surface area contributed by atoms with Crippen LogP contribution in [0, 0.1) is 0 Å². The zero-order chi connectivity index (χ0) is 22.1. The van der Waals surface area contributed by atoms with E-state index in [1.54, 1.807) is 47.3 Å². The fourth-order valence-corrected chi connectivity index (χ4v) is 2.70. The minimum Gasteiger partial charge on any atom is -0.493 e. The number of ether oxygens (including phenoxy) is 3. The van der Waals surface area contributed by atoms with Gasteiger partial charge >= 0.3 is 0 Å². The molecule has 0 bridgehead atoms. The average Bonchev–Trinajstić information content (AvgIpc) is 3.31. The number of likely N-dealkylation sites (N-methyl/N-ethyl adjacent to an activating group) is 1. The van der Waals surface area contributed by atoms with Crippen molar-refractivity contribution in [3.05, 3.63) is 66.5 Å². The highest BCUT2D eigenvalue weighted by Gasteiger charge is 2.13. The second kappa shape index (κ2) is 10.7. The van der Waals surface area contributed by atoms with Crippen molar-refractivity contribution >= 4 is 17.5 Å². The minimum absolute atomic E-state index is 0.147. The summed E-state index contributed by atoms with van der Waals surface area (Å²) in [7, 11) is 2.99. The molecule has 0 atom stereocenters. The molecule has 0 aliphatic rings. The Morgan fingerprint density at radius 3 is 2.68 bits per heavy atom. The van der Waals surface area contributed by atoms with Gasteiger partial charge in [-0.3, -0.25) is 14.3 Å². The molecule has 2 N–H and O–H groups in total. The summed E-state index contributed by atoms with van der Waals surface area (Å²) in [4.78, 5) is 24.0. The minimum atomic E-state index is -0.315. The summed E-state index contributed by atoms with van der Waals surface area (Å²) in [6.45, 7) is 0.928. The molecule has 9 heteroatoms. The average molecular weight is 424 g/mol. The molecule has 2 amide bonds. The molecule has 0 aliphatic carbocycles. The zero-order valence-electron chi connectivity index (χ0n) is 17.3. The zero-order valence-corrected chi connectivity index (χ0v) is 17.3. The molecule has 0 radical (unpaired) electrons. The van der Waals surface area contributed by atoms with Crippen molar-refractivity contribution in [1.29, 1.82) is 0 Å². The van der Waals surface area contributed by atoms with Gasteiger partial charge in [0.15, 0.2) is 18.1 Å². The van der Waals surface area contributed by atoms with E-state index in [0.29, 0.717) is 41.7 Å². The Bertz CT molecular complexity index is 1020. The van der Waals surface area contributed by atoms with Gasteiger partial charge in [-0.1, -0.05) is 6.07 Å². The highest BCUT2D eigenvalue weighted by molar-refractivity contribution is 6.04. The first-order chi connectivity index (χ1) is 15.1. The maximum Gasteiger partial charge on any atom is 0.257 e. The van der Waals surface area contributed by atoms with Crippen LogP contribution < -0.4 is 24.8 Å². The smallest absolute Gasteiger partial charge is 0.257 e. The molecular weight excluding hydrogens is 400 g/mol. The van der Waals surface area contributed by atoms with E-state index in [4.69, 9.17) is 14.2 Å². The third-order valence-electron chi connectivity index (χ3n) is 4.30. The van der Waals surface area contributed by atoms with E-state index in [9.17, 15) is 9.59 Å². The second-order valence-electron chi connectivity index (χ2n) is 6.43. The van der Waals surface area contributed by atoms with E-state index in [2.05, 4.69) is 15.7 Å². The molecule has 0 saturated carbocycles. The van der Waals surface area contributed by atoms with Gasteiger partial charge in [-0.05, 0) is 36.4 Å². The number of rotatable bonds is 10. The molecule has 2 aromatic carbocycles. The number of carbonyl (C=O) groups is 2. The van der Waals surface area contributed by atoms with Crippen LogP contribution in [-0.2, 0) is 11.3 Å². The predicted octanol–water partition coefficient (Wildman–Crippen LogP) is 2.35. The monoisotopic (exact) mass is 424 g/mol. The first-order valence-corrected chi connectivity index (χ1v) is 9.62. The van der Waals surface area contributed by atoms with Crippen LogP contribution in [0.15, 0.2) is 60.9 Å². The SMILES string of the molecule is CNC(=O)COc1ccc(C(=O)Nc2cccc(OCCn3cccn3)c2)cc1OC. The maximum absolute atomic E-state index is 12.7. The van der Waals surface area contributed by atoms with E-state index in [1.807, 2.05) is 18.3 Å². The van der Waals surface area contributed by atoms with Crippen molar-refractivity contribution in [2.75, 3.05) is 32.7 Å². The number of nitrogens with one attached hydrogen (secondary N) is 2. The van der Waals surface area contributed by atoms with E-state index in [0.717, 1.165) is 0 Å². The van der Waals surface area contributed by atoms with Crippen LogP contribution in [0.1, 0.15) is 10.4 Å². The van der Waals surface area contributed by atoms with E-state index < -0.39 is 0 Å². The lowest BCUT2D eigenvalue weighted by atomic mass is 10.1. The normalized spacial score (nSPS) is 10.3. The molecule has 3 rings (SSSR count). The van der Waals surface area contributed by atoms with Crippen LogP contribution >= 0.6 is 0 Å². The largest absolute Gasteiger partial charge is 0.493 e. The van der Waals surface area contributed by atoms with Crippen LogP contribution in [-0.4, -0.2) is 49.0 Å². The summed E-state index contributed by atoms with van der Waals surface area (Å²) >= 11 is 0. The van der Waals surface area contributed by atoms with Gasteiger partial charge < -0.3 is 24.8 Å². The van der Waals surface area contributed by atoms with Crippen LogP contribution in [0.25, 0.3) is 0 Å². The molecule has 0 aliphatic heterocycles. The summed E-state index contributed by atoms with van der Waals surface area (Å²) in [6.07, 6.45) is 3.58. The molecule has 31 heavy (non-hydrogen) atoms. The fourth-order valence-electron chi connectivity index (χ4n) is 2.70. The van der Waals surface area contributed by atoms with Crippen LogP contribution in [0.4, 0.5) is 5.69 Å². The topological polar surface area (TPSA) is 104 Å². The van der Waals surface area contributed by atoms with Crippen molar-refractivity contribution in [2.45, 2.75) is 6.54 Å². The lowest BCUT2D eigenvalue weighted by Gasteiger charge is -2.12. The number of nitrogens with zero attached hydrogens (tertiary/aromatic N) is 2. The van der Waals surface area contributed by atoms with Gasteiger partial charge in [-0.15, -0.1) is 0 Å². The molecule has 9 nitrogen and oxygen atoms in total. The summed E-state index contributed by atoms with van der Waals surface area (Å²) in [5, 5.41) is 9.43. The van der Waals surface area contributed by atoms with Crippen molar-refractivity contribution < 1.29 is 23.8 Å². The third kappa shape index (κ3) is 6.23. The fraction of sp³-hybridized carbons (Fsp3) is 0.227. The number of anilines is 1.